The number of nitrogens with one attached hydrogen (secondary N) is 1. The number of aromatic nitrogens is 5. The Labute approximate surface area is 110 Å². The average Bonchev–Trinajstić information content (AvgIpc) is 2.66. The van der Waals surface area contributed by atoms with Crippen LogP contribution in [0.5, 0.6) is 0 Å². The summed E-state index contributed by atoms with van der Waals surface area (Å²) in [5, 5.41) is 3.17. The molecule has 0 aromatic carbocycles. The summed E-state index contributed by atoms with van der Waals surface area (Å²) >= 11 is 0. The van der Waals surface area contributed by atoms with Crippen LogP contribution in [0.1, 0.15) is 11.6 Å². The number of nitrogens with zero attached hydrogens (tertiary/aromatic N) is 5. The minimum Gasteiger partial charge on any atom is -0.331 e. The summed E-state index contributed by atoms with van der Waals surface area (Å²) in [6.07, 6.45) is 3.48. The monoisotopic (exact) mass is 254 g/mol. The molecule has 0 spiro atoms. The van der Waals surface area contributed by atoms with E-state index < -0.39 is 0 Å². The zero-order chi connectivity index (χ0) is 13.4. The van der Waals surface area contributed by atoms with Crippen molar-refractivity contribution in [1.29, 1.82) is 0 Å². The molecule has 0 atom stereocenters. The van der Waals surface area contributed by atoms with Gasteiger partial charge < -0.3 is 9.88 Å². The Balaban J connectivity index is 1.99. The van der Waals surface area contributed by atoms with Gasteiger partial charge in [0.2, 0.25) is 0 Å². The number of rotatable bonds is 2. The lowest BCUT2D eigenvalue weighted by Gasteiger charge is -2.05. The summed E-state index contributed by atoms with van der Waals surface area (Å²) in [7, 11) is 1.99. The highest BCUT2D eigenvalue weighted by Crippen LogP contribution is 2.19. The highest BCUT2D eigenvalue weighted by Gasteiger charge is 2.06. The van der Waals surface area contributed by atoms with Crippen LogP contribution in [0.2, 0.25) is 0 Å². The summed E-state index contributed by atoms with van der Waals surface area (Å²) in [4.78, 5) is 17.1. The van der Waals surface area contributed by atoms with Crippen LogP contribution in [0.25, 0.3) is 11.0 Å². The molecule has 0 aliphatic rings. The summed E-state index contributed by atoms with van der Waals surface area (Å²) in [6, 6.07) is 3.78. The lowest BCUT2D eigenvalue weighted by atomic mass is 10.4. The Morgan fingerprint density at radius 1 is 1.11 bits per heavy atom. The van der Waals surface area contributed by atoms with Gasteiger partial charge in [0.1, 0.15) is 28.8 Å². The average molecular weight is 254 g/mol. The maximum atomic E-state index is 4.42. The molecule has 3 rings (SSSR count). The molecule has 0 saturated carbocycles. The molecular formula is C13H14N6. The Morgan fingerprint density at radius 2 is 1.95 bits per heavy atom. The fourth-order valence-electron chi connectivity index (χ4n) is 1.94. The highest BCUT2D eigenvalue weighted by molar-refractivity contribution is 5.78. The van der Waals surface area contributed by atoms with Crippen LogP contribution in [0, 0.1) is 13.8 Å². The zero-order valence-electron chi connectivity index (χ0n) is 11.0. The largest absolute Gasteiger partial charge is 0.331 e. The Morgan fingerprint density at radius 3 is 2.74 bits per heavy atom. The van der Waals surface area contributed by atoms with Gasteiger partial charge >= 0.3 is 0 Å². The maximum absolute atomic E-state index is 4.42. The van der Waals surface area contributed by atoms with Crippen molar-refractivity contribution in [3.05, 3.63) is 36.2 Å². The first-order chi connectivity index (χ1) is 9.13. The normalized spacial score (nSPS) is 10.9. The van der Waals surface area contributed by atoms with Gasteiger partial charge in [-0.15, -0.1) is 0 Å². The number of fused-ring (bicyclic) bond motifs is 1. The first-order valence-electron chi connectivity index (χ1n) is 5.99. The van der Waals surface area contributed by atoms with Crippen molar-refractivity contribution in [3.8, 4) is 0 Å². The van der Waals surface area contributed by atoms with Crippen LogP contribution >= 0.6 is 0 Å². The van der Waals surface area contributed by atoms with E-state index in [2.05, 4.69) is 25.3 Å². The second kappa shape index (κ2) is 4.31. The van der Waals surface area contributed by atoms with Gasteiger partial charge in [0, 0.05) is 19.3 Å². The minimum absolute atomic E-state index is 0.724. The molecule has 0 aliphatic heterocycles. The Hall–Kier alpha value is -2.50. The van der Waals surface area contributed by atoms with Gasteiger partial charge in [-0.05, 0) is 19.9 Å². The van der Waals surface area contributed by atoms with E-state index in [-0.39, 0.29) is 0 Å². The van der Waals surface area contributed by atoms with Gasteiger partial charge in [-0.3, -0.25) is 0 Å². The number of hydrogen-bond acceptors (Lipinski definition) is 5. The van der Waals surface area contributed by atoms with Crippen LogP contribution in [0.15, 0.2) is 24.5 Å². The van der Waals surface area contributed by atoms with Crippen molar-refractivity contribution in [3.63, 3.8) is 0 Å². The van der Waals surface area contributed by atoms with E-state index in [0.29, 0.717) is 0 Å². The van der Waals surface area contributed by atoms with E-state index in [1.807, 2.05) is 37.6 Å². The van der Waals surface area contributed by atoms with Gasteiger partial charge in [0.15, 0.2) is 0 Å². The quantitative estimate of drug-likeness (QED) is 0.758. The topological polar surface area (TPSA) is 68.5 Å². The third kappa shape index (κ3) is 2.12. The number of imidazole rings is 1. The van der Waals surface area contributed by atoms with E-state index in [4.69, 9.17) is 0 Å². The number of aryl methyl sites for hydroxylation is 3. The standard InChI is InChI=1S/C13H14N6/c1-8-14-5-4-12(16-8)18-13-6-11-10(7-15-13)17-9(2)19(11)3/h4-7H,1-3H3,(H,14,15,16,18). The Bertz CT molecular complexity index is 746. The molecule has 0 amide bonds. The second-order valence-corrected chi connectivity index (χ2v) is 4.39. The highest BCUT2D eigenvalue weighted by atomic mass is 15.1. The molecule has 3 heterocycles. The van der Waals surface area contributed by atoms with Crippen LogP contribution < -0.4 is 5.32 Å². The minimum atomic E-state index is 0.724. The van der Waals surface area contributed by atoms with Crippen LogP contribution in [-0.4, -0.2) is 24.5 Å². The fourth-order valence-corrected chi connectivity index (χ4v) is 1.94. The second-order valence-electron chi connectivity index (χ2n) is 4.39. The Kier molecular flexibility index (Phi) is 2.63. The molecule has 0 aliphatic carbocycles. The van der Waals surface area contributed by atoms with Crippen molar-refractivity contribution < 1.29 is 0 Å². The molecule has 0 unspecified atom stereocenters. The van der Waals surface area contributed by atoms with E-state index in [1.54, 1.807) is 12.4 Å². The van der Waals surface area contributed by atoms with Crippen LogP contribution in [-0.2, 0) is 7.05 Å². The van der Waals surface area contributed by atoms with Gasteiger partial charge in [0.05, 0.1) is 11.7 Å². The molecule has 96 valence electrons. The van der Waals surface area contributed by atoms with Crippen molar-refractivity contribution in [2.75, 3.05) is 5.32 Å². The van der Waals surface area contributed by atoms with Gasteiger partial charge in [-0.25, -0.2) is 19.9 Å². The molecule has 0 fully saturated rings. The third-order valence-electron chi connectivity index (χ3n) is 3.02. The summed E-state index contributed by atoms with van der Waals surface area (Å²) < 4.78 is 2.04. The first-order valence-corrected chi connectivity index (χ1v) is 5.99. The molecule has 0 bridgehead atoms. The molecule has 19 heavy (non-hydrogen) atoms. The lowest BCUT2D eigenvalue weighted by Crippen LogP contribution is -1.98. The number of anilines is 2. The third-order valence-corrected chi connectivity index (χ3v) is 3.02. The molecular weight excluding hydrogens is 240 g/mol. The lowest BCUT2D eigenvalue weighted by molar-refractivity contribution is 0.886. The van der Waals surface area contributed by atoms with E-state index in [1.165, 1.54) is 0 Å². The summed E-state index contributed by atoms with van der Waals surface area (Å²) in [5.74, 6) is 3.17. The van der Waals surface area contributed by atoms with E-state index >= 15 is 0 Å². The van der Waals surface area contributed by atoms with Crippen LogP contribution in [0.3, 0.4) is 0 Å². The molecule has 0 saturated heterocycles. The summed E-state index contributed by atoms with van der Waals surface area (Å²) in [5.41, 5.74) is 1.94. The summed E-state index contributed by atoms with van der Waals surface area (Å²) in [6.45, 7) is 3.83. The van der Waals surface area contributed by atoms with E-state index in [0.717, 1.165) is 34.3 Å². The van der Waals surface area contributed by atoms with Crippen molar-refractivity contribution >= 4 is 22.7 Å². The molecule has 0 radical (unpaired) electrons. The van der Waals surface area contributed by atoms with Crippen molar-refractivity contribution in [2.24, 2.45) is 7.05 Å². The SMILES string of the molecule is Cc1nccc(Nc2cc3c(cn2)nc(C)n3C)n1. The van der Waals surface area contributed by atoms with Gasteiger partial charge in [-0.2, -0.15) is 0 Å². The molecule has 6 heteroatoms. The van der Waals surface area contributed by atoms with Crippen molar-refractivity contribution in [2.45, 2.75) is 13.8 Å². The zero-order valence-corrected chi connectivity index (χ0v) is 11.0. The fraction of sp³-hybridized carbons (Fsp3) is 0.231. The molecule has 3 aromatic heterocycles. The predicted molar refractivity (Wildman–Crippen MR) is 73.3 cm³/mol. The number of pyridine rings is 1. The first kappa shape index (κ1) is 11.6. The van der Waals surface area contributed by atoms with Crippen molar-refractivity contribution in [1.82, 2.24) is 24.5 Å². The molecule has 1 N–H and O–H groups in total. The van der Waals surface area contributed by atoms with E-state index in [9.17, 15) is 0 Å². The smallest absolute Gasteiger partial charge is 0.135 e. The molecule has 6 nitrogen and oxygen atoms in total. The maximum Gasteiger partial charge on any atom is 0.135 e. The predicted octanol–water partition coefficient (Wildman–Crippen LogP) is 2.12. The van der Waals surface area contributed by atoms with Crippen LogP contribution in [0.4, 0.5) is 11.6 Å². The number of hydrogen-bond donors (Lipinski definition) is 1. The van der Waals surface area contributed by atoms with Gasteiger partial charge in [0.25, 0.3) is 0 Å². The molecule has 3 aromatic rings. The van der Waals surface area contributed by atoms with Gasteiger partial charge in [-0.1, -0.05) is 0 Å².